The second kappa shape index (κ2) is 5.47. The van der Waals surface area contributed by atoms with Crippen LogP contribution in [0, 0.1) is 17.0 Å². The molecule has 0 aliphatic rings. The third-order valence-corrected chi connectivity index (χ3v) is 2.69. The molecule has 1 aromatic carbocycles. The number of nitrogens with zero attached hydrogens (tertiary/aromatic N) is 4. The lowest BCUT2D eigenvalue weighted by atomic mass is 10.1. The molecule has 1 heterocycles. The van der Waals surface area contributed by atoms with E-state index in [2.05, 4.69) is 10.1 Å². The molecule has 0 unspecified atom stereocenters. The maximum absolute atomic E-state index is 12.7. The largest absolute Gasteiger partial charge is 0.422 e. The summed E-state index contributed by atoms with van der Waals surface area (Å²) in [6.07, 6.45) is -2.14. The third-order valence-electron chi connectivity index (χ3n) is 2.69. The van der Waals surface area contributed by atoms with Gasteiger partial charge in [-0.2, -0.15) is 18.3 Å². The van der Waals surface area contributed by atoms with E-state index in [-0.39, 0.29) is 11.5 Å². The predicted molar refractivity (Wildman–Crippen MR) is 72.5 cm³/mol. The zero-order valence-electron chi connectivity index (χ0n) is 11.2. The molecule has 7 nitrogen and oxygen atoms in total. The van der Waals surface area contributed by atoms with Crippen LogP contribution in [0.2, 0.25) is 0 Å². The fourth-order valence-electron chi connectivity index (χ4n) is 1.74. The number of nitro groups is 1. The van der Waals surface area contributed by atoms with Crippen LogP contribution in [0.5, 0.6) is 0 Å². The summed E-state index contributed by atoms with van der Waals surface area (Å²) in [6.45, 7) is 1.69. The van der Waals surface area contributed by atoms with Crippen molar-refractivity contribution in [2.24, 2.45) is 5.10 Å². The van der Waals surface area contributed by atoms with Gasteiger partial charge in [0, 0.05) is 11.6 Å². The summed E-state index contributed by atoms with van der Waals surface area (Å²) < 4.78 is 39.2. The molecule has 2 aromatic rings. The van der Waals surface area contributed by atoms with Crippen LogP contribution in [0.3, 0.4) is 0 Å². The molecule has 0 spiro atoms. The summed E-state index contributed by atoms with van der Waals surface area (Å²) in [7, 11) is 0. The van der Waals surface area contributed by atoms with Crippen molar-refractivity contribution in [3.63, 3.8) is 0 Å². The van der Waals surface area contributed by atoms with E-state index in [4.69, 9.17) is 5.73 Å². The van der Waals surface area contributed by atoms with Gasteiger partial charge in [0.1, 0.15) is 5.56 Å². The Morgan fingerprint density at radius 1 is 1.45 bits per heavy atom. The molecule has 10 heteroatoms. The van der Waals surface area contributed by atoms with Crippen molar-refractivity contribution in [3.8, 4) is 0 Å². The monoisotopic (exact) mass is 313 g/mol. The van der Waals surface area contributed by atoms with Gasteiger partial charge < -0.3 is 5.73 Å². The number of halogens is 3. The minimum atomic E-state index is -4.80. The molecule has 0 aliphatic heterocycles. The zero-order chi connectivity index (χ0) is 16.5. The highest BCUT2D eigenvalue weighted by molar-refractivity contribution is 5.81. The number of aromatic nitrogens is 2. The minimum absolute atomic E-state index is 0.0927. The highest BCUT2D eigenvalue weighted by atomic mass is 19.4. The molecule has 0 atom stereocenters. The van der Waals surface area contributed by atoms with Crippen LogP contribution in [0.4, 0.5) is 24.8 Å². The molecule has 116 valence electrons. The van der Waals surface area contributed by atoms with E-state index in [1.165, 1.54) is 10.9 Å². The molecule has 2 N–H and O–H groups in total. The predicted octanol–water partition coefficient (Wildman–Crippen LogP) is 2.58. The molecular formula is C12H10F3N5O2. The van der Waals surface area contributed by atoms with Gasteiger partial charge >= 0.3 is 6.18 Å². The summed E-state index contributed by atoms with van der Waals surface area (Å²) >= 11 is 0. The lowest BCUT2D eigenvalue weighted by Gasteiger charge is -2.07. The molecule has 0 saturated carbocycles. The fraction of sp³-hybridized carbons (Fsp3) is 0.167. The standard InChI is InChI=1S/C12H10F3N5O2/c1-7-6-19(11(16)18-7)17-5-8-2-3-9(12(13,14)15)10(4-8)20(21)22/h2-6H,1H3,(H2,16,18). The first-order valence-corrected chi connectivity index (χ1v) is 5.90. The molecule has 0 bridgehead atoms. The summed E-state index contributed by atoms with van der Waals surface area (Å²) in [5, 5.41) is 14.7. The van der Waals surface area contributed by atoms with Gasteiger partial charge in [-0.3, -0.25) is 10.1 Å². The molecule has 0 aliphatic carbocycles. The van der Waals surface area contributed by atoms with Crippen LogP contribution in [0.25, 0.3) is 0 Å². The Kier molecular flexibility index (Phi) is 3.85. The van der Waals surface area contributed by atoms with Crippen molar-refractivity contribution in [1.82, 2.24) is 9.66 Å². The summed E-state index contributed by atoms with van der Waals surface area (Å²) in [5.74, 6) is 0.0927. The van der Waals surface area contributed by atoms with E-state index >= 15 is 0 Å². The van der Waals surface area contributed by atoms with Gasteiger partial charge in [0.2, 0.25) is 5.95 Å². The molecule has 0 saturated heterocycles. The number of nitro benzene ring substituents is 1. The quantitative estimate of drug-likeness (QED) is 0.534. The number of aryl methyl sites for hydroxylation is 1. The Bertz CT molecular complexity index is 752. The number of rotatable bonds is 3. The number of anilines is 1. The first kappa shape index (κ1) is 15.5. The zero-order valence-corrected chi connectivity index (χ0v) is 11.2. The number of nitrogen functional groups attached to an aromatic ring is 1. The Hall–Kier alpha value is -2.91. The van der Waals surface area contributed by atoms with E-state index in [1.54, 1.807) is 6.92 Å². The summed E-state index contributed by atoms with van der Waals surface area (Å²) in [5.41, 5.74) is 3.93. The summed E-state index contributed by atoms with van der Waals surface area (Å²) in [4.78, 5) is 13.6. The van der Waals surface area contributed by atoms with Gasteiger partial charge in [-0.05, 0) is 13.0 Å². The van der Waals surface area contributed by atoms with Crippen molar-refractivity contribution < 1.29 is 18.1 Å². The van der Waals surface area contributed by atoms with Gasteiger partial charge in [-0.1, -0.05) is 6.07 Å². The van der Waals surface area contributed by atoms with E-state index < -0.39 is 22.4 Å². The Balaban J connectivity index is 2.39. The second-order valence-corrected chi connectivity index (χ2v) is 4.36. The van der Waals surface area contributed by atoms with Crippen molar-refractivity contribution in [1.29, 1.82) is 0 Å². The molecule has 0 amide bonds. The average Bonchev–Trinajstić information content (AvgIpc) is 2.73. The van der Waals surface area contributed by atoms with Crippen molar-refractivity contribution >= 4 is 17.9 Å². The topological polar surface area (TPSA) is 99.3 Å². The first-order valence-electron chi connectivity index (χ1n) is 5.90. The maximum atomic E-state index is 12.7. The van der Waals surface area contributed by atoms with Gasteiger partial charge in [0.15, 0.2) is 0 Å². The number of hydrogen-bond acceptors (Lipinski definition) is 5. The lowest BCUT2D eigenvalue weighted by molar-refractivity contribution is -0.388. The van der Waals surface area contributed by atoms with Crippen LogP contribution in [0.15, 0.2) is 29.5 Å². The highest BCUT2D eigenvalue weighted by Crippen LogP contribution is 2.36. The molecule has 0 radical (unpaired) electrons. The number of alkyl halides is 3. The minimum Gasteiger partial charge on any atom is -0.368 e. The number of benzene rings is 1. The van der Waals surface area contributed by atoms with E-state index in [9.17, 15) is 23.3 Å². The molecular weight excluding hydrogens is 303 g/mol. The first-order chi connectivity index (χ1) is 10.2. The van der Waals surface area contributed by atoms with Gasteiger partial charge in [0.25, 0.3) is 5.69 Å². The lowest BCUT2D eigenvalue weighted by Crippen LogP contribution is -2.09. The maximum Gasteiger partial charge on any atom is 0.422 e. The number of hydrogen-bond donors (Lipinski definition) is 1. The van der Waals surface area contributed by atoms with E-state index in [0.29, 0.717) is 11.8 Å². The van der Waals surface area contributed by atoms with Crippen LogP contribution >= 0.6 is 0 Å². The molecule has 22 heavy (non-hydrogen) atoms. The highest BCUT2D eigenvalue weighted by Gasteiger charge is 2.38. The van der Waals surface area contributed by atoms with Gasteiger partial charge in [-0.25, -0.2) is 9.66 Å². The van der Waals surface area contributed by atoms with E-state index in [0.717, 1.165) is 18.3 Å². The van der Waals surface area contributed by atoms with Crippen molar-refractivity contribution in [3.05, 3.63) is 51.3 Å². The number of imidazole rings is 1. The Labute approximate surface area is 122 Å². The summed E-state index contributed by atoms with van der Waals surface area (Å²) in [6, 6.07) is 2.52. The smallest absolute Gasteiger partial charge is 0.368 e. The fourth-order valence-corrected chi connectivity index (χ4v) is 1.74. The van der Waals surface area contributed by atoms with Gasteiger partial charge in [-0.15, -0.1) is 0 Å². The molecule has 1 aromatic heterocycles. The average molecular weight is 313 g/mol. The molecule has 2 rings (SSSR count). The van der Waals surface area contributed by atoms with Crippen molar-refractivity contribution in [2.45, 2.75) is 13.1 Å². The third kappa shape index (κ3) is 3.22. The van der Waals surface area contributed by atoms with Crippen LogP contribution < -0.4 is 5.73 Å². The Morgan fingerprint density at radius 3 is 2.64 bits per heavy atom. The normalized spacial score (nSPS) is 12.0. The van der Waals surface area contributed by atoms with E-state index in [1.807, 2.05) is 0 Å². The van der Waals surface area contributed by atoms with Gasteiger partial charge in [0.05, 0.1) is 23.0 Å². The molecule has 0 fully saturated rings. The SMILES string of the molecule is Cc1cn(N=Cc2ccc(C(F)(F)F)c([N+](=O)[O-])c2)c(N)n1. The van der Waals surface area contributed by atoms with Crippen LogP contribution in [-0.2, 0) is 6.18 Å². The van der Waals surface area contributed by atoms with Crippen molar-refractivity contribution in [2.75, 3.05) is 5.73 Å². The Morgan fingerprint density at radius 2 is 2.14 bits per heavy atom. The number of nitrogens with two attached hydrogens (primary N) is 1. The van der Waals surface area contributed by atoms with Crippen LogP contribution in [-0.4, -0.2) is 20.8 Å². The second-order valence-electron chi connectivity index (χ2n) is 4.36. The van der Waals surface area contributed by atoms with Crippen LogP contribution in [0.1, 0.15) is 16.8 Å².